The molecule has 9 heteroatoms. The number of pyridine rings is 1. The number of aromatic amines is 1. The van der Waals surface area contributed by atoms with E-state index < -0.39 is 6.04 Å². The van der Waals surface area contributed by atoms with E-state index in [-0.39, 0.29) is 17.2 Å². The average molecular weight is 521 g/mol. The summed E-state index contributed by atoms with van der Waals surface area (Å²) in [6, 6.07) is 15.4. The van der Waals surface area contributed by atoms with Gasteiger partial charge >= 0.3 is 0 Å². The molecule has 1 aliphatic rings. The first kappa shape index (κ1) is 25.6. The van der Waals surface area contributed by atoms with Crippen LogP contribution in [0, 0.1) is 6.92 Å². The summed E-state index contributed by atoms with van der Waals surface area (Å²) in [7, 11) is 0. The minimum atomic E-state index is -0.497. The highest BCUT2D eigenvalue weighted by Gasteiger charge is 2.35. The number of aryl methyl sites for hydroxylation is 1. The van der Waals surface area contributed by atoms with Crippen molar-refractivity contribution in [3.05, 3.63) is 86.4 Å². The molecule has 8 nitrogen and oxygen atoms in total. The molecule has 5 rings (SSSR count). The van der Waals surface area contributed by atoms with Gasteiger partial charge in [0, 0.05) is 35.8 Å². The summed E-state index contributed by atoms with van der Waals surface area (Å²) in [4.78, 5) is 19.0. The van der Waals surface area contributed by atoms with Gasteiger partial charge in [0.15, 0.2) is 5.82 Å². The van der Waals surface area contributed by atoms with Gasteiger partial charge in [-0.3, -0.25) is 9.69 Å². The van der Waals surface area contributed by atoms with Crippen molar-refractivity contribution in [3.63, 3.8) is 0 Å². The van der Waals surface area contributed by atoms with E-state index in [1.165, 1.54) is 0 Å². The number of hydrogen-bond donors (Lipinski definition) is 1. The highest BCUT2D eigenvalue weighted by atomic mass is 35.5. The fourth-order valence-electron chi connectivity index (χ4n) is 5.01. The van der Waals surface area contributed by atoms with Gasteiger partial charge in [0.1, 0.15) is 6.04 Å². The Morgan fingerprint density at radius 1 is 1.19 bits per heavy atom. The zero-order valence-electron chi connectivity index (χ0n) is 21.7. The van der Waals surface area contributed by atoms with E-state index >= 15 is 0 Å². The van der Waals surface area contributed by atoms with Crippen LogP contribution in [0.25, 0.3) is 10.9 Å². The number of rotatable bonds is 7. The van der Waals surface area contributed by atoms with Gasteiger partial charge in [-0.25, -0.2) is 4.68 Å². The Hall–Kier alpha value is -3.07. The predicted molar refractivity (Wildman–Crippen MR) is 145 cm³/mol. The first-order valence-corrected chi connectivity index (χ1v) is 13.1. The number of nitrogens with zero attached hydrogens (tertiary/aromatic N) is 5. The van der Waals surface area contributed by atoms with Crippen molar-refractivity contribution in [1.29, 1.82) is 0 Å². The third-order valence-corrected chi connectivity index (χ3v) is 7.08. The van der Waals surface area contributed by atoms with Crippen LogP contribution in [0.15, 0.2) is 53.3 Å². The first-order chi connectivity index (χ1) is 17.7. The monoisotopic (exact) mass is 520 g/mol. The van der Waals surface area contributed by atoms with Gasteiger partial charge in [-0.2, -0.15) is 0 Å². The second kappa shape index (κ2) is 10.4. The smallest absolute Gasteiger partial charge is 0.253 e. The molecular formula is C28H33ClN6O2. The number of nitrogens with one attached hydrogen (secondary N) is 1. The fourth-order valence-corrected chi connectivity index (χ4v) is 5.14. The Kier molecular flexibility index (Phi) is 7.16. The maximum absolute atomic E-state index is 13.7. The third-order valence-electron chi connectivity index (χ3n) is 6.82. The Morgan fingerprint density at radius 2 is 1.97 bits per heavy atom. The van der Waals surface area contributed by atoms with Crippen LogP contribution in [-0.4, -0.2) is 49.3 Å². The molecule has 2 aromatic carbocycles. The molecule has 2 aromatic heterocycles. The van der Waals surface area contributed by atoms with Gasteiger partial charge in [0.25, 0.3) is 5.56 Å². The highest BCUT2D eigenvalue weighted by Crippen LogP contribution is 2.32. The summed E-state index contributed by atoms with van der Waals surface area (Å²) < 4.78 is 7.87. The lowest BCUT2D eigenvalue weighted by Gasteiger charge is -2.34. The third kappa shape index (κ3) is 5.61. The quantitative estimate of drug-likeness (QED) is 0.369. The van der Waals surface area contributed by atoms with E-state index in [9.17, 15) is 4.79 Å². The highest BCUT2D eigenvalue weighted by molar-refractivity contribution is 6.30. The molecule has 1 aliphatic heterocycles. The maximum Gasteiger partial charge on any atom is 0.253 e. The first-order valence-electron chi connectivity index (χ1n) is 12.7. The molecule has 0 amide bonds. The van der Waals surface area contributed by atoms with Gasteiger partial charge < -0.3 is 9.72 Å². The van der Waals surface area contributed by atoms with Gasteiger partial charge in [0.05, 0.1) is 11.6 Å². The van der Waals surface area contributed by atoms with Crippen LogP contribution in [0.5, 0.6) is 0 Å². The van der Waals surface area contributed by atoms with Crippen LogP contribution in [0.4, 0.5) is 0 Å². The van der Waals surface area contributed by atoms with E-state index in [0.717, 1.165) is 41.5 Å². The summed E-state index contributed by atoms with van der Waals surface area (Å²) in [5, 5.41) is 14.5. The molecule has 1 N–H and O–H groups in total. The Morgan fingerprint density at radius 3 is 2.68 bits per heavy atom. The number of halogens is 1. The molecule has 3 heterocycles. The number of H-pyrrole nitrogens is 1. The van der Waals surface area contributed by atoms with Gasteiger partial charge in [0.2, 0.25) is 0 Å². The SMILES string of the molecule is Cc1ccc2cc([C@H](c3nnnn3C(C)(C)C)N(Cc3ccc(Cl)cc3)C[C@H]3CCCO3)c(=O)[nH]c2c1. The van der Waals surface area contributed by atoms with Crippen LogP contribution >= 0.6 is 11.6 Å². The lowest BCUT2D eigenvalue weighted by Crippen LogP contribution is -2.40. The molecule has 0 saturated carbocycles. The molecule has 0 radical (unpaired) electrons. The van der Waals surface area contributed by atoms with Crippen LogP contribution < -0.4 is 5.56 Å². The Labute approximate surface area is 221 Å². The van der Waals surface area contributed by atoms with Crippen molar-refractivity contribution >= 4 is 22.5 Å². The molecule has 2 atom stereocenters. The molecular weight excluding hydrogens is 488 g/mol. The Bertz CT molecular complexity index is 1430. The zero-order valence-corrected chi connectivity index (χ0v) is 22.5. The molecule has 4 aromatic rings. The standard InChI is InChI=1S/C28H33ClN6O2/c1-18-7-10-20-15-23(27(36)30-24(20)14-18)25(26-31-32-33-35(26)28(2,3)4)34(17-22-6-5-13-37-22)16-19-8-11-21(29)12-9-19/h7-12,14-15,22,25H,5-6,13,16-17H2,1-4H3,(H,30,36)/t22-,25-/m1/s1. The summed E-state index contributed by atoms with van der Waals surface area (Å²) in [6.07, 6.45) is 2.07. The molecule has 1 fully saturated rings. The van der Waals surface area contributed by atoms with Crippen LogP contribution in [0.2, 0.25) is 5.02 Å². The minimum absolute atomic E-state index is 0.0657. The molecule has 37 heavy (non-hydrogen) atoms. The lowest BCUT2D eigenvalue weighted by molar-refractivity contribution is 0.0564. The molecule has 194 valence electrons. The maximum atomic E-state index is 13.7. The summed E-state index contributed by atoms with van der Waals surface area (Å²) in [5.41, 5.74) is 3.05. The lowest BCUT2D eigenvalue weighted by atomic mass is 10.00. The molecule has 1 saturated heterocycles. The minimum Gasteiger partial charge on any atom is -0.377 e. The number of hydrogen-bond acceptors (Lipinski definition) is 6. The average Bonchev–Trinajstić information content (AvgIpc) is 3.53. The number of tetrazole rings is 1. The van der Waals surface area contributed by atoms with E-state index in [2.05, 4.69) is 52.2 Å². The van der Waals surface area contributed by atoms with Crippen LogP contribution in [0.1, 0.15) is 62.2 Å². The van der Waals surface area contributed by atoms with Crippen molar-refractivity contribution in [2.45, 2.75) is 64.8 Å². The van der Waals surface area contributed by atoms with E-state index in [0.29, 0.717) is 29.5 Å². The second-order valence-electron chi connectivity index (χ2n) is 10.9. The molecule has 0 aliphatic carbocycles. The van der Waals surface area contributed by atoms with E-state index in [1.807, 2.05) is 54.1 Å². The second-order valence-corrected chi connectivity index (χ2v) is 11.3. The molecule has 0 bridgehead atoms. The van der Waals surface area contributed by atoms with E-state index in [4.69, 9.17) is 16.3 Å². The topological polar surface area (TPSA) is 88.9 Å². The van der Waals surface area contributed by atoms with Crippen LogP contribution in [0.3, 0.4) is 0 Å². The normalized spacial score (nSPS) is 17.1. The van der Waals surface area contributed by atoms with Crippen LogP contribution in [-0.2, 0) is 16.8 Å². The Balaban J connectivity index is 1.69. The summed E-state index contributed by atoms with van der Waals surface area (Å²) in [6.45, 7) is 10.1. The van der Waals surface area contributed by atoms with Crippen molar-refractivity contribution in [2.75, 3.05) is 13.2 Å². The van der Waals surface area contributed by atoms with Crippen molar-refractivity contribution in [1.82, 2.24) is 30.1 Å². The van der Waals surface area contributed by atoms with Crippen molar-refractivity contribution in [3.8, 4) is 0 Å². The van der Waals surface area contributed by atoms with Gasteiger partial charge in [-0.05, 0) is 91.7 Å². The number of aromatic nitrogens is 5. The molecule has 0 unspecified atom stereocenters. The molecule has 0 spiro atoms. The predicted octanol–water partition coefficient (Wildman–Crippen LogP) is 5.00. The number of benzene rings is 2. The van der Waals surface area contributed by atoms with Crippen molar-refractivity contribution < 1.29 is 4.74 Å². The van der Waals surface area contributed by atoms with E-state index in [1.54, 1.807) is 0 Å². The number of fused-ring (bicyclic) bond motifs is 1. The largest absolute Gasteiger partial charge is 0.377 e. The zero-order chi connectivity index (χ0) is 26.2. The van der Waals surface area contributed by atoms with Crippen molar-refractivity contribution in [2.24, 2.45) is 0 Å². The fraction of sp³-hybridized carbons (Fsp3) is 0.429. The number of ether oxygens (including phenoxy) is 1. The summed E-state index contributed by atoms with van der Waals surface area (Å²) in [5.74, 6) is 0.622. The van der Waals surface area contributed by atoms with Gasteiger partial charge in [-0.15, -0.1) is 5.10 Å². The van der Waals surface area contributed by atoms with Gasteiger partial charge in [-0.1, -0.05) is 35.9 Å². The summed E-state index contributed by atoms with van der Waals surface area (Å²) >= 11 is 6.17.